The maximum absolute atomic E-state index is 13.7. The van der Waals surface area contributed by atoms with E-state index in [1.165, 1.54) is 0 Å². The molecular weight excluding hydrogens is 424 g/mol. The van der Waals surface area contributed by atoms with Crippen molar-refractivity contribution in [2.75, 3.05) is 6.61 Å². The largest absolute Gasteiger partial charge is 0.482 e. The Hall–Kier alpha value is -3.97. The number of hydrogen-bond acceptors (Lipinski definition) is 4. The highest BCUT2D eigenvalue weighted by Gasteiger charge is 2.34. The standard InChI is InChI=1S/C25H20N2O4S/c28-20(29)15-31-19-14-8-7-13-18(19)23-21(24(30)17-11-5-2-6-12-17)22(26-25(32)27-23)16-9-3-1-4-10-16/h1-14,23H,15H2,(H,28,29)(H2,26,27,32). The van der Waals surface area contributed by atoms with Gasteiger partial charge in [0.15, 0.2) is 17.5 Å². The first kappa shape index (κ1) is 21.3. The van der Waals surface area contributed by atoms with E-state index >= 15 is 0 Å². The molecule has 0 aromatic heterocycles. The second-order valence-corrected chi connectivity index (χ2v) is 7.51. The number of Topliss-reactive ketones (excluding diaryl/α,β-unsaturated/α-hetero) is 1. The number of carbonyl (C=O) groups excluding carboxylic acids is 1. The zero-order chi connectivity index (χ0) is 22.5. The van der Waals surface area contributed by atoms with Crippen molar-refractivity contribution >= 4 is 34.8 Å². The number of ketones is 1. The topological polar surface area (TPSA) is 87.7 Å². The molecule has 1 aliphatic rings. The molecule has 3 N–H and O–H groups in total. The lowest BCUT2D eigenvalue weighted by molar-refractivity contribution is -0.139. The molecule has 0 saturated carbocycles. The van der Waals surface area contributed by atoms with Gasteiger partial charge >= 0.3 is 5.97 Å². The summed E-state index contributed by atoms with van der Waals surface area (Å²) < 4.78 is 5.52. The lowest BCUT2D eigenvalue weighted by atomic mass is 9.87. The van der Waals surface area contributed by atoms with E-state index in [9.17, 15) is 9.59 Å². The van der Waals surface area contributed by atoms with Gasteiger partial charge in [-0.1, -0.05) is 78.9 Å². The van der Waals surface area contributed by atoms with Gasteiger partial charge in [0.25, 0.3) is 0 Å². The molecule has 0 bridgehead atoms. The molecule has 0 radical (unpaired) electrons. The molecule has 0 spiro atoms. The smallest absolute Gasteiger partial charge is 0.341 e. The molecule has 1 atom stereocenters. The zero-order valence-corrected chi connectivity index (χ0v) is 17.8. The Bertz CT molecular complexity index is 1190. The van der Waals surface area contributed by atoms with Crippen LogP contribution in [0.3, 0.4) is 0 Å². The summed E-state index contributed by atoms with van der Waals surface area (Å²) in [6, 6.07) is 24.8. The van der Waals surface area contributed by atoms with Gasteiger partial charge in [-0.2, -0.15) is 0 Å². The van der Waals surface area contributed by atoms with Crippen LogP contribution in [0.1, 0.15) is 27.5 Å². The van der Waals surface area contributed by atoms with Crippen LogP contribution in [0.2, 0.25) is 0 Å². The van der Waals surface area contributed by atoms with Gasteiger partial charge in [-0.15, -0.1) is 0 Å². The van der Waals surface area contributed by atoms with Gasteiger partial charge in [0, 0.05) is 11.1 Å². The summed E-state index contributed by atoms with van der Waals surface area (Å²) in [5.74, 6) is -0.900. The van der Waals surface area contributed by atoms with Gasteiger partial charge in [-0.25, -0.2) is 4.79 Å². The number of carboxylic acids is 1. The average molecular weight is 445 g/mol. The third kappa shape index (κ3) is 4.53. The van der Waals surface area contributed by atoms with Gasteiger partial charge in [0.1, 0.15) is 5.75 Å². The number of aliphatic carboxylic acids is 1. The van der Waals surface area contributed by atoms with E-state index in [4.69, 9.17) is 22.1 Å². The number of rotatable bonds is 7. The van der Waals surface area contributed by atoms with Crippen molar-refractivity contribution in [3.8, 4) is 5.75 Å². The molecule has 0 amide bonds. The first-order chi connectivity index (χ1) is 15.5. The number of ether oxygens (including phenoxy) is 1. The second kappa shape index (κ2) is 9.45. The van der Waals surface area contributed by atoms with E-state index in [2.05, 4.69) is 10.6 Å². The van der Waals surface area contributed by atoms with Crippen LogP contribution in [0.4, 0.5) is 0 Å². The summed E-state index contributed by atoms with van der Waals surface area (Å²) in [6.07, 6.45) is 0. The fourth-order valence-electron chi connectivity index (χ4n) is 3.61. The first-order valence-electron chi connectivity index (χ1n) is 9.95. The predicted molar refractivity (Wildman–Crippen MR) is 125 cm³/mol. The van der Waals surface area contributed by atoms with Gasteiger partial charge in [-0.3, -0.25) is 4.79 Å². The van der Waals surface area contributed by atoms with Crippen LogP contribution in [0.5, 0.6) is 5.75 Å². The Kier molecular flexibility index (Phi) is 6.28. The minimum atomic E-state index is -1.09. The van der Waals surface area contributed by atoms with Crippen molar-refractivity contribution in [1.82, 2.24) is 10.6 Å². The molecule has 0 fully saturated rings. The molecule has 3 aromatic carbocycles. The Balaban J connectivity index is 1.90. The van der Waals surface area contributed by atoms with Crippen LogP contribution in [0.15, 0.2) is 90.5 Å². The normalized spacial score (nSPS) is 15.5. The van der Waals surface area contributed by atoms with Crippen molar-refractivity contribution in [3.05, 3.63) is 107 Å². The predicted octanol–water partition coefficient (Wildman–Crippen LogP) is 3.96. The summed E-state index contributed by atoms with van der Waals surface area (Å²) in [5, 5.41) is 15.7. The Labute approximate surface area is 190 Å². The molecule has 1 heterocycles. The van der Waals surface area contributed by atoms with E-state index in [0.29, 0.717) is 33.3 Å². The lowest BCUT2D eigenvalue weighted by Crippen LogP contribution is -2.45. The molecule has 160 valence electrons. The molecule has 3 aromatic rings. The molecule has 0 saturated heterocycles. The molecule has 32 heavy (non-hydrogen) atoms. The maximum Gasteiger partial charge on any atom is 0.341 e. The van der Waals surface area contributed by atoms with Crippen LogP contribution < -0.4 is 15.4 Å². The maximum atomic E-state index is 13.7. The molecule has 7 heteroatoms. The van der Waals surface area contributed by atoms with E-state index in [-0.39, 0.29) is 5.78 Å². The number of hydrogen-bond donors (Lipinski definition) is 3. The van der Waals surface area contributed by atoms with Crippen molar-refractivity contribution in [1.29, 1.82) is 0 Å². The SMILES string of the molecule is O=C(O)COc1ccccc1C1NC(=S)NC(c2ccccc2)=C1C(=O)c1ccccc1. The van der Waals surface area contributed by atoms with Crippen molar-refractivity contribution in [2.24, 2.45) is 0 Å². The van der Waals surface area contributed by atoms with Crippen LogP contribution in [0, 0.1) is 0 Å². The van der Waals surface area contributed by atoms with Crippen molar-refractivity contribution in [2.45, 2.75) is 6.04 Å². The highest BCUT2D eigenvalue weighted by Crippen LogP contribution is 2.37. The third-order valence-corrected chi connectivity index (χ3v) is 5.22. The van der Waals surface area contributed by atoms with Crippen LogP contribution in [-0.2, 0) is 4.79 Å². The van der Waals surface area contributed by atoms with Gasteiger partial charge in [-0.05, 0) is 23.8 Å². The van der Waals surface area contributed by atoms with E-state index in [1.54, 1.807) is 30.3 Å². The van der Waals surface area contributed by atoms with Crippen LogP contribution in [-0.4, -0.2) is 28.6 Å². The van der Waals surface area contributed by atoms with E-state index in [1.807, 2.05) is 54.6 Å². The fraction of sp³-hybridized carbons (Fsp3) is 0.0800. The molecular formula is C25H20N2O4S. The minimum Gasteiger partial charge on any atom is -0.482 e. The van der Waals surface area contributed by atoms with Gasteiger partial charge in [0.05, 0.1) is 17.3 Å². The Morgan fingerprint density at radius 3 is 2.22 bits per heavy atom. The number of carbonyl (C=O) groups is 2. The van der Waals surface area contributed by atoms with E-state index < -0.39 is 18.6 Å². The molecule has 4 rings (SSSR count). The average Bonchev–Trinajstić information content (AvgIpc) is 2.83. The number of thiocarbonyl (C=S) groups is 1. The number of para-hydroxylation sites is 1. The van der Waals surface area contributed by atoms with Gasteiger partial charge < -0.3 is 20.5 Å². The summed E-state index contributed by atoms with van der Waals surface area (Å²) in [4.78, 5) is 24.8. The number of nitrogens with one attached hydrogen (secondary N) is 2. The molecule has 1 unspecified atom stereocenters. The summed E-state index contributed by atoms with van der Waals surface area (Å²) in [6.45, 7) is -0.496. The Morgan fingerprint density at radius 2 is 1.53 bits per heavy atom. The molecule has 1 aliphatic heterocycles. The summed E-state index contributed by atoms with van der Waals surface area (Å²) in [5.41, 5.74) is 3.01. The number of carboxylic acid groups (broad SMARTS) is 1. The second-order valence-electron chi connectivity index (χ2n) is 7.10. The third-order valence-electron chi connectivity index (χ3n) is 5.00. The summed E-state index contributed by atoms with van der Waals surface area (Å²) in [7, 11) is 0. The summed E-state index contributed by atoms with van der Waals surface area (Å²) >= 11 is 5.46. The quantitative estimate of drug-likeness (QED) is 0.376. The monoisotopic (exact) mass is 444 g/mol. The van der Waals surface area contributed by atoms with E-state index in [0.717, 1.165) is 5.56 Å². The highest BCUT2D eigenvalue weighted by molar-refractivity contribution is 7.80. The fourth-order valence-corrected chi connectivity index (χ4v) is 3.83. The highest BCUT2D eigenvalue weighted by atomic mass is 32.1. The zero-order valence-electron chi connectivity index (χ0n) is 16.9. The lowest BCUT2D eigenvalue weighted by Gasteiger charge is -2.32. The molecule has 6 nitrogen and oxygen atoms in total. The minimum absolute atomic E-state index is 0.176. The van der Waals surface area contributed by atoms with Crippen LogP contribution >= 0.6 is 12.2 Å². The van der Waals surface area contributed by atoms with Crippen molar-refractivity contribution in [3.63, 3.8) is 0 Å². The number of benzene rings is 3. The first-order valence-corrected chi connectivity index (χ1v) is 10.4. The van der Waals surface area contributed by atoms with Crippen LogP contribution in [0.25, 0.3) is 5.70 Å². The van der Waals surface area contributed by atoms with Gasteiger partial charge in [0.2, 0.25) is 0 Å². The Morgan fingerprint density at radius 1 is 0.906 bits per heavy atom. The van der Waals surface area contributed by atoms with Crippen molar-refractivity contribution < 1.29 is 19.4 Å². The molecule has 0 aliphatic carbocycles.